The predicted octanol–water partition coefficient (Wildman–Crippen LogP) is 3.23. The summed E-state index contributed by atoms with van der Waals surface area (Å²) in [7, 11) is 0. The SMILES string of the molecule is Cc1cc2c(cc1C)N(Cc1ccc(CO)cc1)CCN2. The fourth-order valence-electron chi connectivity index (χ4n) is 2.78. The molecule has 2 aromatic carbocycles. The highest BCUT2D eigenvalue weighted by atomic mass is 16.3. The molecule has 0 aromatic heterocycles. The Labute approximate surface area is 126 Å². The van der Waals surface area contributed by atoms with Gasteiger partial charge in [-0.3, -0.25) is 0 Å². The first-order valence-corrected chi connectivity index (χ1v) is 7.46. The highest BCUT2D eigenvalue weighted by Gasteiger charge is 2.17. The Morgan fingerprint density at radius 2 is 1.71 bits per heavy atom. The Morgan fingerprint density at radius 3 is 2.43 bits per heavy atom. The highest BCUT2D eigenvalue weighted by molar-refractivity contribution is 5.74. The van der Waals surface area contributed by atoms with Crippen molar-refractivity contribution >= 4 is 11.4 Å². The normalized spacial score (nSPS) is 13.8. The van der Waals surface area contributed by atoms with E-state index in [4.69, 9.17) is 5.11 Å². The number of fused-ring (bicyclic) bond motifs is 1. The van der Waals surface area contributed by atoms with Crippen LogP contribution in [0.25, 0.3) is 0 Å². The van der Waals surface area contributed by atoms with E-state index in [-0.39, 0.29) is 6.61 Å². The van der Waals surface area contributed by atoms with Gasteiger partial charge >= 0.3 is 0 Å². The van der Waals surface area contributed by atoms with Crippen LogP contribution in [0.3, 0.4) is 0 Å². The average molecular weight is 282 g/mol. The maximum atomic E-state index is 9.12. The van der Waals surface area contributed by atoms with Gasteiger partial charge in [0.25, 0.3) is 0 Å². The summed E-state index contributed by atoms with van der Waals surface area (Å²) in [5.74, 6) is 0. The molecule has 0 amide bonds. The quantitative estimate of drug-likeness (QED) is 0.907. The Hall–Kier alpha value is -2.00. The standard InChI is InChI=1S/C18H22N2O/c1-13-9-17-18(10-14(13)2)20(8-7-19-17)11-15-3-5-16(12-21)6-4-15/h3-6,9-10,19,21H,7-8,11-12H2,1-2H3. The van der Waals surface area contributed by atoms with Gasteiger partial charge in [0.2, 0.25) is 0 Å². The van der Waals surface area contributed by atoms with E-state index in [0.717, 1.165) is 25.2 Å². The number of anilines is 2. The molecule has 21 heavy (non-hydrogen) atoms. The smallest absolute Gasteiger partial charge is 0.0681 e. The van der Waals surface area contributed by atoms with Crippen LogP contribution in [0, 0.1) is 13.8 Å². The van der Waals surface area contributed by atoms with Gasteiger partial charge in [0, 0.05) is 19.6 Å². The molecule has 3 rings (SSSR count). The van der Waals surface area contributed by atoms with Gasteiger partial charge < -0.3 is 15.3 Å². The first-order chi connectivity index (χ1) is 10.2. The number of aryl methyl sites for hydroxylation is 2. The predicted molar refractivity (Wildman–Crippen MR) is 87.8 cm³/mol. The van der Waals surface area contributed by atoms with Crippen LogP contribution in [0.15, 0.2) is 36.4 Å². The van der Waals surface area contributed by atoms with Crippen LogP contribution in [0.5, 0.6) is 0 Å². The van der Waals surface area contributed by atoms with Crippen LogP contribution in [0.4, 0.5) is 11.4 Å². The summed E-state index contributed by atoms with van der Waals surface area (Å²) in [4.78, 5) is 2.42. The molecule has 0 atom stereocenters. The minimum absolute atomic E-state index is 0.106. The lowest BCUT2D eigenvalue weighted by Crippen LogP contribution is -2.33. The van der Waals surface area contributed by atoms with E-state index in [2.05, 4.69) is 48.3 Å². The summed E-state index contributed by atoms with van der Waals surface area (Å²) in [6, 6.07) is 12.7. The summed E-state index contributed by atoms with van der Waals surface area (Å²) in [6.45, 7) is 7.32. The fraction of sp³-hybridized carbons (Fsp3) is 0.333. The Balaban J connectivity index is 1.85. The molecule has 3 heteroatoms. The van der Waals surface area contributed by atoms with E-state index in [1.165, 1.54) is 28.1 Å². The maximum Gasteiger partial charge on any atom is 0.0681 e. The number of hydrogen-bond donors (Lipinski definition) is 2. The van der Waals surface area contributed by atoms with Crippen molar-refractivity contribution in [1.29, 1.82) is 0 Å². The largest absolute Gasteiger partial charge is 0.392 e. The number of rotatable bonds is 3. The van der Waals surface area contributed by atoms with Crippen molar-refractivity contribution in [1.82, 2.24) is 0 Å². The first kappa shape index (κ1) is 14.0. The molecule has 0 fully saturated rings. The van der Waals surface area contributed by atoms with E-state index < -0.39 is 0 Å². The van der Waals surface area contributed by atoms with Gasteiger partial charge in [0.1, 0.15) is 0 Å². The van der Waals surface area contributed by atoms with Crippen molar-refractivity contribution < 1.29 is 5.11 Å². The fourth-order valence-corrected chi connectivity index (χ4v) is 2.78. The second-order valence-corrected chi connectivity index (χ2v) is 5.78. The zero-order valence-corrected chi connectivity index (χ0v) is 12.7. The summed E-state index contributed by atoms with van der Waals surface area (Å²) in [5, 5.41) is 12.6. The van der Waals surface area contributed by atoms with E-state index in [1.54, 1.807) is 0 Å². The number of benzene rings is 2. The molecule has 110 valence electrons. The van der Waals surface area contributed by atoms with E-state index >= 15 is 0 Å². The minimum atomic E-state index is 0.106. The third-order valence-corrected chi connectivity index (χ3v) is 4.23. The topological polar surface area (TPSA) is 35.5 Å². The molecule has 0 saturated carbocycles. The van der Waals surface area contributed by atoms with Crippen molar-refractivity contribution in [2.24, 2.45) is 0 Å². The minimum Gasteiger partial charge on any atom is -0.392 e. The van der Waals surface area contributed by atoms with Crippen molar-refractivity contribution in [3.63, 3.8) is 0 Å². The van der Waals surface area contributed by atoms with Crippen LogP contribution >= 0.6 is 0 Å². The molecule has 2 N–H and O–H groups in total. The Bertz CT molecular complexity index is 634. The second-order valence-electron chi connectivity index (χ2n) is 5.78. The molecule has 1 aliphatic rings. The average Bonchev–Trinajstić information content (AvgIpc) is 2.50. The first-order valence-electron chi connectivity index (χ1n) is 7.46. The molecule has 0 saturated heterocycles. The molecule has 3 nitrogen and oxygen atoms in total. The number of nitrogens with one attached hydrogen (secondary N) is 1. The van der Waals surface area contributed by atoms with Crippen molar-refractivity contribution in [2.75, 3.05) is 23.3 Å². The van der Waals surface area contributed by atoms with Crippen LogP contribution in [-0.4, -0.2) is 18.2 Å². The van der Waals surface area contributed by atoms with Crippen molar-refractivity contribution in [3.05, 3.63) is 58.7 Å². The molecule has 0 radical (unpaired) electrons. The zero-order valence-electron chi connectivity index (χ0n) is 12.7. The van der Waals surface area contributed by atoms with Gasteiger partial charge in [0.15, 0.2) is 0 Å². The number of aliphatic hydroxyl groups excluding tert-OH is 1. The molecule has 0 spiro atoms. The summed E-state index contributed by atoms with van der Waals surface area (Å²) in [5.41, 5.74) is 7.42. The molecular weight excluding hydrogens is 260 g/mol. The molecule has 1 heterocycles. The van der Waals surface area contributed by atoms with Gasteiger partial charge in [0.05, 0.1) is 18.0 Å². The highest BCUT2D eigenvalue weighted by Crippen LogP contribution is 2.32. The molecule has 0 unspecified atom stereocenters. The summed E-state index contributed by atoms with van der Waals surface area (Å²) >= 11 is 0. The van der Waals surface area contributed by atoms with Crippen LogP contribution in [0.2, 0.25) is 0 Å². The van der Waals surface area contributed by atoms with Gasteiger partial charge in [-0.25, -0.2) is 0 Å². The molecule has 2 aromatic rings. The number of aliphatic hydroxyl groups is 1. The lowest BCUT2D eigenvalue weighted by atomic mass is 10.0. The van der Waals surface area contributed by atoms with E-state index in [9.17, 15) is 0 Å². The number of nitrogens with zero attached hydrogens (tertiary/aromatic N) is 1. The maximum absolute atomic E-state index is 9.12. The van der Waals surface area contributed by atoms with E-state index in [0.29, 0.717) is 0 Å². The molecular formula is C18H22N2O. The van der Waals surface area contributed by atoms with Gasteiger partial charge in [-0.05, 0) is 48.2 Å². The van der Waals surface area contributed by atoms with Gasteiger partial charge in [-0.1, -0.05) is 24.3 Å². The van der Waals surface area contributed by atoms with Crippen molar-refractivity contribution in [2.45, 2.75) is 27.0 Å². The second kappa shape index (κ2) is 5.78. The summed E-state index contributed by atoms with van der Waals surface area (Å²) < 4.78 is 0. The third-order valence-electron chi connectivity index (χ3n) is 4.23. The van der Waals surface area contributed by atoms with Crippen molar-refractivity contribution in [3.8, 4) is 0 Å². The third kappa shape index (κ3) is 2.88. The molecule has 0 bridgehead atoms. The zero-order chi connectivity index (χ0) is 14.8. The Morgan fingerprint density at radius 1 is 1.05 bits per heavy atom. The lowest BCUT2D eigenvalue weighted by molar-refractivity contribution is 0.282. The van der Waals surface area contributed by atoms with Gasteiger partial charge in [-0.15, -0.1) is 0 Å². The van der Waals surface area contributed by atoms with Gasteiger partial charge in [-0.2, -0.15) is 0 Å². The van der Waals surface area contributed by atoms with Crippen LogP contribution in [0.1, 0.15) is 22.3 Å². The molecule has 1 aliphatic heterocycles. The molecule has 0 aliphatic carbocycles. The number of hydrogen-bond acceptors (Lipinski definition) is 3. The van der Waals surface area contributed by atoms with Crippen LogP contribution in [-0.2, 0) is 13.2 Å². The summed E-state index contributed by atoms with van der Waals surface area (Å²) in [6.07, 6.45) is 0. The van der Waals surface area contributed by atoms with Crippen LogP contribution < -0.4 is 10.2 Å². The van der Waals surface area contributed by atoms with E-state index in [1.807, 2.05) is 12.1 Å². The monoisotopic (exact) mass is 282 g/mol. The lowest BCUT2D eigenvalue weighted by Gasteiger charge is -2.33. The Kier molecular flexibility index (Phi) is 3.84.